The summed E-state index contributed by atoms with van der Waals surface area (Å²) < 4.78 is 10.4. The van der Waals surface area contributed by atoms with Crippen LogP contribution in [0.1, 0.15) is 110 Å². The first-order valence-corrected chi connectivity index (χ1v) is 10.5. The molecule has 0 spiro atoms. The van der Waals surface area contributed by atoms with Gasteiger partial charge in [-0.1, -0.05) is 71.6 Å². The number of hydrogen-bond acceptors (Lipinski definition) is 4. The number of carbonyl (C=O) groups is 2. The molecule has 0 saturated heterocycles. The summed E-state index contributed by atoms with van der Waals surface area (Å²) in [6.45, 7) is 5.41. The van der Waals surface area contributed by atoms with Gasteiger partial charge in [0.2, 0.25) is 0 Å². The summed E-state index contributed by atoms with van der Waals surface area (Å²) in [7, 11) is 0. The fourth-order valence-electron chi connectivity index (χ4n) is 2.64. The lowest BCUT2D eigenvalue weighted by molar-refractivity contribution is -0.146. The van der Waals surface area contributed by atoms with Crippen LogP contribution in [-0.2, 0) is 19.1 Å². The van der Waals surface area contributed by atoms with E-state index in [1.165, 1.54) is 38.5 Å². The van der Waals surface area contributed by atoms with Crippen LogP contribution >= 0.6 is 0 Å². The minimum Gasteiger partial charge on any atom is -0.466 e. The van der Waals surface area contributed by atoms with Crippen LogP contribution in [0.3, 0.4) is 0 Å². The lowest BCUT2D eigenvalue weighted by atomic mass is 10.1. The Morgan fingerprint density at radius 2 is 0.880 bits per heavy atom. The van der Waals surface area contributed by atoms with Crippen LogP contribution in [0.2, 0.25) is 0 Å². The van der Waals surface area contributed by atoms with Crippen LogP contribution < -0.4 is 0 Å². The third-order valence-corrected chi connectivity index (χ3v) is 4.28. The molecule has 0 saturated carbocycles. The monoisotopic (exact) mass is 356 g/mol. The summed E-state index contributed by atoms with van der Waals surface area (Å²) in [5.74, 6) is -0.289. The summed E-state index contributed by atoms with van der Waals surface area (Å²) in [6, 6.07) is 0. The first kappa shape index (κ1) is 23.9. The van der Waals surface area contributed by atoms with E-state index >= 15 is 0 Å². The fourth-order valence-corrected chi connectivity index (χ4v) is 2.64. The number of hydrogen-bond donors (Lipinski definition) is 0. The third kappa shape index (κ3) is 19.1. The zero-order valence-electron chi connectivity index (χ0n) is 16.7. The summed E-state index contributed by atoms with van der Waals surface area (Å²) in [6.07, 6.45) is 15.3. The Labute approximate surface area is 155 Å². The van der Waals surface area contributed by atoms with E-state index in [1.807, 2.05) is 0 Å². The molecule has 0 N–H and O–H groups in total. The smallest absolute Gasteiger partial charge is 0.305 e. The van der Waals surface area contributed by atoms with Crippen molar-refractivity contribution in [3.05, 3.63) is 0 Å². The second-order valence-corrected chi connectivity index (χ2v) is 6.83. The number of esters is 2. The van der Waals surface area contributed by atoms with Gasteiger partial charge in [-0.2, -0.15) is 0 Å². The highest BCUT2D eigenvalue weighted by atomic mass is 16.5. The predicted molar refractivity (Wildman–Crippen MR) is 103 cm³/mol. The molecule has 0 aliphatic carbocycles. The normalized spacial score (nSPS) is 10.6. The molecule has 0 radical (unpaired) electrons. The molecule has 4 heteroatoms. The van der Waals surface area contributed by atoms with E-state index < -0.39 is 0 Å². The molecule has 148 valence electrons. The Hall–Kier alpha value is -1.06. The lowest BCUT2D eigenvalue weighted by Crippen LogP contribution is -2.08. The van der Waals surface area contributed by atoms with Gasteiger partial charge < -0.3 is 9.47 Å². The van der Waals surface area contributed by atoms with Crippen molar-refractivity contribution in [3.63, 3.8) is 0 Å². The summed E-state index contributed by atoms with van der Waals surface area (Å²) >= 11 is 0. The number of unbranched alkanes of at least 4 members (excludes halogenated alkanes) is 10. The van der Waals surface area contributed by atoms with Gasteiger partial charge in [-0.15, -0.1) is 0 Å². The van der Waals surface area contributed by atoms with Crippen molar-refractivity contribution in [3.8, 4) is 0 Å². The molecule has 4 nitrogen and oxygen atoms in total. The van der Waals surface area contributed by atoms with E-state index in [2.05, 4.69) is 13.8 Å². The van der Waals surface area contributed by atoms with Crippen LogP contribution in [0.25, 0.3) is 0 Å². The van der Waals surface area contributed by atoms with E-state index in [-0.39, 0.29) is 11.9 Å². The van der Waals surface area contributed by atoms with E-state index in [4.69, 9.17) is 9.47 Å². The molecule has 0 fully saturated rings. The van der Waals surface area contributed by atoms with Gasteiger partial charge in [0.15, 0.2) is 0 Å². The zero-order chi connectivity index (χ0) is 18.6. The second kappa shape index (κ2) is 19.3. The standard InChI is InChI=1S/C21H40O4/c1-3-5-7-8-9-10-11-15-19-25-21(23)17-13-12-16-20(22)24-18-14-6-4-2/h3-19H2,1-2H3. The highest BCUT2D eigenvalue weighted by molar-refractivity contribution is 5.70. The summed E-state index contributed by atoms with van der Waals surface area (Å²) in [4.78, 5) is 23.1. The van der Waals surface area contributed by atoms with Crippen LogP contribution in [0.5, 0.6) is 0 Å². The highest BCUT2D eigenvalue weighted by Gasteiger charge is 2.06. The molecule has 0 unspecified atom stereocenters. The van der Waals surface area contributed by atoms with Gasteiger partial charge >= 0.3 is 11.9 Å². The van der Waals surface area contributed by atoms with E-state index in [1.54, 1.807) is 0 Å². The number of rotatable bonds is 18. The number of carbonyl (C=O) groups excluding carboxylic acids is 2. The average Bonchev–Trinajstić information content (AvgIpc) is 2.61. The number of ether oxygens (including phenoxy) is 2. The SMILES string of the molecule is CCCCCCCCCCOC(=O)CCCCC(=O)OCCCCC. The first-order chi connectivity index (χ1) is 12.2. The molecule has 0 heterocycles. The van der Waals surface area contributed by atoms with E-state index in [0.717, 1.165) is 32.1 Å². The van der Waals surface area contributed by atoms with Crippen molar-refractivity contribution < 1.29 is 19.1 Å². The molecular formula is C21H40O4. The predicted octanol–water partition coefficient (Wildman–Crippen LogP) is 5.96. The van der Waals surface area contributed by atoms with Crippen LogP contribution in [0, 0.1) is 0 Å². The van der Waals surface area contributed by atoms with Gasteiger partial charge in [0.1, 0.15) is 0 Å². The third-order valence-electron chi connectivity index (χ3n) is 4.28. The molecule has 0 amide bonds. The van der Waals surface area contributed by atoms with E-state index in [9.17, 15) is 9.59 Å². The first-order valence-electron chi connectivity index (χ1n) is 10.5. The Kier molecular flexibility index (Phi) is 18.5. The van der Waals surface area contributed by atoms with Crippen molar-refractivity contribution in [1.82, 2.24) is 0 Å². The molecule has 0 aliphatic rings. The van der Waals surface area contributed by atoms with E-state index in [0.29, 0.717) is 38.9 Å². The summed E-state index contributed by atoms with van der Waals surface area (Å²) in [5, 5.41) is 0. The Morgan fingerprint density at radius 1 is 0.520 bits per heavy atom. The molecule has 0 aliphatic heterocycles. The minimum atomic E-state index is -0.150. The molecule has 0 aromatic rings. The van der Waals surface area contributed by atoms with Gasteiger partial charge in [0, 0.05) is 12.8 Å². The van der Waals surface area contributed by atoms with Gasteiger partial charge in [-0.25, -0.2) is 0 Å². The van der Waals surface area contributed by atoms with Gasteiger partial charge in [-0.3, -0.25) is 9.59 Å². The molecule has 0 aromatic carbocycles. The maximum absolute atomic E-state index is 11.6. The van der Waals surface area contributed by atoms with Gasteiger partial charge in [-0.05, 0) is 25.7 Å². The lowest BCUT2D eigenvalue weighted by Gasteiger charge is -2.06. The van der Waals surface area contributed by atoms with Crippen LogP contribution in [-0.4, -0.2) is 25.2 Å². The quantitative estimate of drug-likeness (QED) is 0.224. The van der Waals surface area contributed by atoms with Crippen molar-refractivity contribution in [1.29, 1.82) is 0 Å². The van der Waals surface area contributed by atoms with Crippen LogP contribution in [0.4, 0.5) is 0 Å². The van der Waals surface area contributed by atoms with Gasteiger partial charge in [0.05, 0.1) is 13.2 Å². The maximum atomic E-state index is 11.6. The fraction of sp³-hybridized carbons (Fsp3) is 0.905. The highest BCUT2D eigenvalue weighted by Crippen LogP contribution is 2.09. The Morgan fingerprint density at radius 3 is 1.36 bits per heavy atom. The maximum Gasteiger partial charge on any atom is 0.305 e. The summed E-state index contributed by atoms with van der Waals surface area (Å²) in [5.41, 5.74) is 0. The Balaban J connectivity index is 3.29. The average molecular weight is 357 g/mol. The second-order valence-electron chi connectivity index (χ2n) is 6.83. The Bertz CT molecular complexity index is 315. The largest absolute Gasteiger partial charge is 0.466 e. The molecule has 0 atom stereocenters. The van der Waals surface area contributed by atoms with Crippen molar-refractivity contribution in [2.75, 3.05) is 13.2 Å². The zero-order valence-corrected chi connectivity index (χ0v) is 16.7. The molecule has 0 rings (SSSR count). The van der Waals surface area contributed by atoms with Crippen molar-refractivity contribution in [2.45, 2.75) is 110 Å². The van der Waals surface area contributed by atoms with Crippen molar-refractivity contribution in [2.24, 2.45) is 0 Å². The topological polar surface area (TPSA) is 52.6 Å². The van der Waals surface area contributed by atoms with Crippen LogP contribution in [0.15, 0.2) is 0 Å². The van der Waals surface area contributed by atoms with Crippen molar-refractivity contribution >= 4 is 11.9 Å². The minimum absolute atomic E-state index is 0.140. The van der Waals surface area contributed by atoms with Gasteiger partial charge in [0.25, 0.3) is 0 Å². The molecular weight excluding hydrogens is 316 g/mol. The molecule has 0 aromatic heterocycles. The molecule has 25 heavy (non-hydrogen) atoms. The molecule has 0 bridgehead atoms.